The minimum Gasteiger partial charge on any atom is -0.496 e. The average molecular weight is 676 g/mol. The summed E-state index contributed by atoms with van der Waals surface area (Å²) in [6.45, 7) is 11.5. The van der Waals surface area contributed by atoms with Gasteiger partial charge in [-0.2, -0.15) is 0 Å². The molecule has 5 rings (SSSR count). The molecule has 268 valence electrons. The van der Waals surface area contributed by atoms with Gasteiger partial charge in [-0.05, 0) is 69.4 Å². The van der Waals surface area contributed by atoms with Crippen molar-refractivity contribution in [1.82, 2.24) is 25.3 Å². The largest absolute Gasteiger partial charge is 0.496 e. The van der Waals surface area contributed by atoms with Crippen LogP contribution in [0.3, 0.4) is 0 Å². The van der Waals surface area contributed by atoms with Gasteiger partial charge in [-0.3, -0.25) is 9.59 Å². The summed E-state index contributed by atoms with van der Waals surface area (Å²) >= 11 is 0. The van der Waals surface area contributed by atoms with E-state index in [9.17, 15) is 9.59 Å². The van der Waals surface area contributed by atoms with Crippen LogP contribution in [-0.2, 0) is 27.4 Å². The van der Waals surface area contributed by atoms with Gasteiger partial charge in [-0.15, -0.1) is 0 Å². The third-order valence-corrected chi connectivity index (χ3v) is 9.89. The second-order valence-corrected chi connectivity index (χ2v) is 13.9. The fourth-order valence-electron chi connectivity index (χ4n) is 7.20. The molecule has 11 heteroatoms. The number of hydrogen-bond donors (Lipinski definition) is 3. The molecule has 0 radical (unpaired) electrons. The standard InChI is InChI=1S/C38H57N7O4/c1-27(2)41-32(15-9-12-20-43-18-10-6-11-19-43)37(47)45-22-21-44(38-42-28(3)35(49-38)30-13-7-5-8-14-30)26-33(45)36(46)40-25-29-16-17-31(24-39)34(23-29)48-4/h5,7-8,13-14,16-17,23,27-28,32-33,35,41H,6,9-12,15,18-22,24-26,39H2,1-4H3,(H,40,46)/t28-,32?,33-,35+/m0/s1. The van der Waals surface area contributed by atoms with Crippen molar-refractivity contribution < 1.29 is 19.1 Å². The first-order chi connectivity index (χ1) is 23.8. The number of rotatable bonds is 14. The Bertz CT molecular complexity index is 1400. The summed E-state index contributed by atoms with van der Waals surface area (Å²) in [5.41, 5.74) is 8.72. The minimum atomic E-state index is -0.714. The molecule has 4 atom stereocenters. The maximum absolute atomic E-state index is 14.4. The number of amides is 2. The third-order valence-electron chi connectivity index (χ3n) is 9.89. The van der Waals surface area contributed by atoms with E-state index in [4.69, 9.17) is 20.2 Å². The third kappa shape index (κ3) is 9.73. The molecule has 0 saturated carbocycles. The van der Waals surface area contributed by atoms with Crippen molar-refractivity contribution in [2.24, 2.45) is 10.7 Å². The van der Waals surface area contributed by atoms with E-state index in [-0.39, 0.29) is 36.0 Å². The van der Waals surface area contributed by atoms with Crippen molar-refractivity contribution in [2.45, 2.75) is 103 Å². The number of hydrogen-bond acceptors (Lipinski definition) is 9. The first-order valence-electron chi connectivity index (χ1n) is 18.2. The Morgan fingerprint density at radius 3 is 2.53 bits per heavy atom. The molecule has 2 saturated heterocycles. The van der Waals surface area contributed by atoms with Crippen molar-refractivity contribution in [3.63, 3.8) is 0 Å². The van der Waals surface area contributed by atoms with Gasteiger partial charge in [0.15, 0.2) is 0 Å². The Hall–Kier alpha value is -3.67. The van der Waals surface area contributed by atoms with Crippen molar-refractivity contribution >= 4 is 17.8 Å². The Balaban J connectivity index is 1.29. The Morgan fingerprint density at radius 1 is 1.04 bits per heavy atom. The average Bonchev–Trinajstić information content (AvgIpc) is 3.53. The second kappa shape index (κ2) is 17.8. The predicted octanol–water partition coefficient (Wildman–Crippen LogP) is 3.82. The SMILES string of the molecule is COc1cc(CNC(=O)[C@@H]2CN(C3=N[C@@H](C)[C@H](c4ccccc4)O3)CCN2C(=O)C(CCCCN2CCCCC2)NC(C)C)ccc1CN. The van der Waals surface area contributed by atoms with Crippen molar-refractivity contribution in [3.8, 4) is 5.75 Å². The quantitative estimate of drug-likeness (QED) is 0.258. The number of ether oxygens (including phenoxy) is 2. The predicted molar refractivity (Wildman–Crippen MR) is 193 cm³/mol. The lowest BCUT2D eigenvalue weighted by Gasteiger charge is -2.42. The van der Waals surface area contributed by atoms with E-state index < -0.39 is 6.04 Å². The molecule has 2 aromatic rings. The number of nitrogens with one attached hydrogen (secondary N) is 2. The maximum Gasteiger partial charge on any atom is 0.288 e. The molecule has 1 unspecified atom stereocenters. The second-order valence-electron chi connectivity index (χ2n) is 13.9. The van der Waals surface area contributed by atoms with E-state index in [2.05, 4.69) is 41.5 Å². The number of piperidine rings is 1. The molecule has 0 aromatic heterocycles. The Morgan fingerprint density at radius 2 is 1.82 bits per heavy atom. The first kappa shape index (κ1) is 36.6. The fourth-order valence-corrected chi connectivity index (χ4v) is 7.20. The van der Waals surface area contributed by atoms with Crippen LogP contribution in [0.25, 0.3) is 0 Å². The van der Waals surface area contributed by atoms with Gasteiger partial charge in [0.2, 0.25) is 11.8 Å². The summed E-state index contributed by atoms with van der Waals surface area (Å²) in [5, 5.41) is 6.64. The van der Waals surface area contributed by atoms with Gasteiger partial charge in [0.05, 0.1) is 25.7 Å². The van der Waals surface area contributed by atoms with E-state index in [1.165, 1.54) is 32.4 Å². The first-order valence-corrected chi connectivity index (χ1v) is 18.2. The highest BCUT2D eigenvalue weighted by atomic mass is 16.5. The smallest absolute Gasteiger partial charge is 0.288 e. The summed E-state index contributed by atoms with van der Waals surface area (Å²) < 4.78 is 11.9. The number of likely N-dealkylation sites (tertiary alicyclic amines) is 1. The fraction of sp³-hybridized carbons (Fsp3) is 0.605. The highest BCUT2D eigenvalue weighted by Crippen LogP contribution is 2.31. The summed E-state index contributed by atoms with van der Waals surface area (Å²) in [7, 11) is 1.61. The molecule has 2 amide bonds. The van der Waals surface area contributed by atoms with Crippen LogP contribution in [0.5, 0.6) is 5.75 Å². The van der Waals surface area contributed by atoms with Gasteiger partial charge in [-0.1, -0.05) is 69.2 Å². The van der Waals surface area contributed by atoms with Crippen molar-refractivity contribution in [3.05, 3.63) is 65.2 Å². The summed E-state index contributed by atoms with van der Waals surface area (Å²) in [4.78, 5) is 39.6. The lowest BCUT2D eigenvalue weighted by atomic mass is 10.0. The molecule has 0 bridgehead atoms. The number of methoxy groups -OCH3 is 1. The molecule has 3 aliphatic rings. The van der Waals surface area contributed by atoms with Crippen molar-refractivity contribution in [2.75, 3.05) is 46.4 Å². The number of piperazine rings is 1. The number of nitrogens with zero attached hydrogens (tertiary/aromatic N) is 4. The van der Waals surface area contributed by atoms with E-state index in [1.54, 1.807) is 12.0 Å². The molecule has 0 spiro atoms. The lowest BCUT2D eigenvalue weighted by Crippen LogP contribution is -2.64. The topological polar surface area (TPSA) is 125 Å². The van der Waals surface area contributed by atoms with Gasteiger partial charge < -0.3 is 40.5 Å². The van der Waals surface area contributed by atoms with Crippen LogP contribution in [0.2, 0.25) is 0 Å². The minimum absolute atomic E-state index is 0.0229. The molecule has 4 N–H and O–H groups in total. The summed E-state index contributed by atoms with van der Waals surface area (Å²) in [5.74, 6) is 0.459. The zero-order valence-electron chi connectivity index (χ0n) is 29.9. The molecular formula is C38H57N7O4. The Labute approximate surface area is 292 Å². The zero-order valence-corrected chi connectivity index (χ0v) is 29.9. The summed E-state index contributed by atoms with van der Waals surface area (Å²) in [6, 6.07) is 15.4. The monoisotopic (exact) mass is 675 g/mol. The molecule has 2 aromatic carbocycles. The molecule has 11 nitrogen and oxygen atoms in total. The highest BCUT2D eigenvalue weighted by Gasteiger charge is 2.41. The van der Waals surface area contributed by atoms with Gasteiger partial charge in [0.25, 0.3) is 6.02 Å². The number of carbonyl (C=O) groups excluding carboxylic acids is 2. The number of nitrogens with two attached hydrogens (primary N) is 1. The van der Waals surface area contributed by atoms with Crippen LogP contribution in [0.1, 0.15) is 82.1 Å². The molecule has 0 aliphatic carbocycles. The number of aliphatic imine (C=N–C) groups is 1. The van der Waals surface area contributed by atoms with E-state index in [1.807, 2.05) is 48.2 Å². The molecule has 2 fully saturated rings. The number of amidine groups is 1. The zero-order chi connectivity index (χ0) is 34.8. The van der Waals surface area contributed by atoms with Crippen LogP contribution in [-0.4, -0.2) is 103 Å². The Kier molecular flexibility index (Phi) is 13.3. The normalized spacial score (nSPS) is 22.1. The summed E-state index contributed by atoms with van der Waals surface area (Å²) in [6.07, 6.45) is 6.44. The lowest BCUT2D eigenvalue weighted by molar-refractivity contribution is -0.145. The van der Waals surface area contributed by atoms with Crippen LogP contribution >= 0.6 is 0 Å². The molecular weight excluding hydrogens is 618 g/mol. The number of benzene rings is 2. The molecule has 3 heterocycles. The molecule has 3 aliphatic heterocycles. The maximum atomic E-state index is 14.4. The number of carbonyl (C=O) groups is 2. The van der Waals surface area contributed by atoms with E-state index in [0.717, 1.165) is 42.5 Å². The number of unbranched alkanes of at least 4 members (excludes halogenated alkanes) is 1. The van der Waals surface area contributed by atoms with Gasteiger partial charge in [0, 0.05) is 37.8 Å². The molecule has 49 heavy (non-hydrogen) atoms. The van der Waals surface area contributed by atoms with Crippen molar-refractivity contribution in [1.29, 1.82) is 0 Å². The van der Waals surface area contributed by atoms with Crippen LogP contribution in [0.4, 0.5) is 0 Å². The van der Waals surface area contributed by atoms with Crippen LogP contribution in [0.15, 0.2) is 53.5 Å². The van der Waals surface area contributed by atoms with Gasteiger partial charge in [-0.25, -0.2) is 4.99 Å². The van der Waals surface area contributed by atoms with Crippen LogP contribution < -0.4 is 21.1 Å². The van der Waals surface area contributed by atoms with Crippen LogP contribution in [0, 0.1) is 0 Å². The van der Waals surface area contributed by atoms with E-state index >= 15 is 0 Å². The van der Waals surface area contributed by atoms with Gasteiger partial charge >= 0.3 is 0 Å². The highest BCUT2D eigenvalue weighted by molar-refractivity contribution is 5.91. The van der Waals surface area contributed by atoms with E-state index in [0.29, 0.717) is 44.5 Å². The van der Waals surface area contributed by atoms with Gasteiger partial charge in [0.1, 0.15) is 17.9 Å².